The molecule has 1 spiro atoms. The molecule has 0 radical (unpaired) electrons. The summed E-state index contributed by atoms with van der Waals surface area (Å²) in [5, 5.41) is 0. The summed E-state index contributed by atoms with van der Waals surface area (Å²) in [6.07, 6.45) is 5.66. The van der Waals surface area contributed by atoms with Crippen LogP contribution in [-0.2, 0) is 19.1 Å². The van der Waals surface area contributed by atoms with Crippen molar-refractivity contribution in [3.05, 3.63) is 35.4 Å². The molecule has 2 unspecified atom stereocenters. The molecule has 1 N–H and O–H groups in total. The first-order valence-electron chi connectivity index (χ1n) is 11.0. The van der Waals surface area contributed by atoms with Crippen LogP contribution in [0.15, 0.2) is 24.3 Å². The summed E-state index contributed by atoms with van der Waals surface area (Å²) in [5.74, 6) is 0.0317. The predicted octanol–water partition coefficient (Wildman–Crippen LogP) is 2.84. The molecule has 3 heterocycles. The third-order valence-electron chi connectivity index (χ3n) is 5.81. The fourth-order valence-corrected chi connectivity index (χ4v) is 4.19. The summed E-state index contributed by atoms with van der Waals surface area (Å²) < 4.78 is 16.6. The van der Waals surface area contributed by atoms with Gasteiger partial charge in [-0.2, -0.15) is 0 Å². The zero-order valence-corrected chi connectivity index (χ0v) is 18.1. The maximum Gasteiger partial charge on any atom is 0.409 e. The number of carbonyl (C=O) groups excluding carboxylic acids is 3. The van der Waals surface area contributed by atoms with E-state index in [1.165, 1.54) is 6.08 Å². The highest BCUT2D eigenvalue weighted by atomic mass is 16.8. The Morgan fingerprint density at radius 3 is 3.00 bits per heavy atom. The van der Waals surface area contributed by atoms with Crippen LogP contribution in [0.25, 0.3) is 6.08 Å². The summed E-state index contributed by atoms with van der Waals surface area (Å²) in [4.78, 5) is 43.7. The van der Waals surface area contributed by atoms with Gasteiger partial charge in [0.1, 0.15) is 11.4 Å². The number of hydroxylamine groups is 1. The average molecular weight is 444 g/mol. The molecule has 1 aromatic rings. The van der Waals surface area contributed by atoms with Crippen molar-refractivity contribution in [1.29, 1.82) is 0 Å². The number of fused-ring (bicyclic) bond motifs is 1. The van der Waals surface area contributed by atoms with E-state index < -0.39 is 17.8 Å². The highest BCUT2D eigenvalue weighted by molar-refractivity contribution is 6.01. The van der Waals surface area contributed by atoms with Crippen molar-refractivity contribution in [2.75, 3.05) is 26.3 Å². The van der Waals surface area contributed by atoms with Crippen molar-refractivity contribution in [3.8, 4) is 5.75 Å². The Labute approximate surface area is 186 Å². The predicted molar refractivity (Wildman–Crippen MR) is 114 cm³/mol. The molecule has 3 aliphatic heterocycles. The monoisotopic (exact) mass is 444 g/mol. The quantitative estimate of drug-likeness (QED) is 0.550. The van der Waals surface area contributed by atoms with Gasteiger partial charge in [0, 0.05) is 32.1 Å². The molecule has 0 aromatic heterocycles. The topological polar surface area (TPSA) is 103 Å². The molecular weight excluding hydrogens is 416 g/mol. The first-order chi connectivity index (χ1) is 15.5. The third kappa shape index (κ3) is 5.11. The van der Waals surface area contributed by atoms with Gasteiger partial charge in [0.25, 0.3) is 5.91 Å². The van der Waals surface area contributed by atoms with Crippen LogP contribution in [-0.4, -0.2) is 60.9 Å². The Balaban J connectivity index is 1.36. The van der Waals surface area contributed by atoms with Crippen LogP contribution in [0.5, 0.6) is 5.75 Å². The molecule has 32 heavy (non-hydrogen) atoms. The van der Waals surface area contributed by atoms with Crippen LogP contribution in [0.2, 0.25) is 0 Å². The number of carbonyl (C=O) groups is 3. The van der Waals surface area contributed by atoms with Crippen molar-refractivity contribution < 1.29 is 33.4 Å². The number of amides is 2. The lowest BCUT2D eigenvalue weighted by Gasteiger charge is -2.34. The molecule has 3 aliphatic rings. The highest BCUT2D eigenvalue weighted by Gasteiger charge is 2.47. The Morgan fingerprint density at radius 1 is 1.34 bits per heavy atom. The molecule has 1 aromatic carbocycles. The SMILES string of the molecule is CCOC(=O)N1CCC2(CC(=O)c3cc(C=CC(=O)NOC4CCCCO4)ccc3O2)C1. The minimum absolute atomic E-state index is 0.0468. The Morgan fingerprint density at radius 2 is 2.22 bits per heavy atom. The van der Waals surface area contributed by atoms with Gasteiger partial charge in [-0.25, -0.2) is 15.1 Å². The maximum atomic E-state index is 12.9. The molecule has 0 aliphatic carbocycles. The van der Waals surface area contributed by atoms with Crippen molar-refractivity contribution in [3.63, 3.8) is 0 Å². The van der Waals surface area contributed by atoms with Crippen LogP contribution in [0.1, 0.15) is 54.9 Å². The molecule has 9 nitrogen and oxygen atoms in total. The van der Waals surface area contributed by atoms with Crippen molar-refractivity contribution in [2.24, 2.45) is 0 Å². The summed E-state index contributed by atoms with van der Waals surface area (Å²) in [7, 11) is 0. The molecule has 2 saturated heterocycles. The van der Waals surface area contributed by atoms with Gasteiger partial charge < -0.3 is 19.1 Å². The van der Waals surface area contributed by atoms with Crippen molar-refractivity contribution in [2.45, 2.75) is 50.9 Å². The normalized spacial score (nSPS) is 25.0. The van der Waals surface area contributed by atoms with E-state index in [1.54, 1.807) is 36.1 Å². The van der Waals surface area contributed by atoms with E-state index in [-0.39, 0.29) is 18.3 Å². The van der Waals surface area contributed by atoms with E-state index in [4.69, 9.17) is 19.0 Å². The lowest BCUT2D eigenvalue weighted by molar-refractivity contribution is -0.198. The number of nitrogens with zero attached hydrogens (tertiary/aromatic N) is 1. The number of likely N-dealkylation sites (tertiary alicyclic amines) is 1. The largest absolute Gasteiger partial charge is 0.484 e. The second-order valence-corrected chi connectivity index (χ2v) is 8.22. The zero-order chi connectivity index (χ0) is 22.6. The minimum atomic E-state index is -0.716. The molecule has 2 fully saturated rings. The fraction of sp³-hybridized carbons (Fsp3) is 0.522. The third-order valence-corrected chi connectivity index (χ3v) is 5.81. The Hall–Kier alpha value is -2.91. The molecular formula is C23H28N2O7. The number of ketones is 1. The number of Topliss-reactive ketones (excluding diaryl/α,β-unsaturated/α-hetero) is 1. The average Bonchev–Trinajstić information content (AvgIpc) is 3.20. The smallest absolute Gasteiger partial charge is 0.409 e. The first-order valence-corrected chi connectivity index (χ1v) is 11.0. The van der Waals surface area contributed by atoms with Gasteiger partial charge in [-0.3, -0.25) is 9.59 Å². The summed E-state index contributed by atoms with van der Waals surface area (Å²) in [5.41, 5.74) is 2.81. The van der Waals surface area contributed by atoms with Crippen LogP contribution < -0.4 is 10.2 Å². The maximum absolute atomic E-state index is 12.9. The van der Waals surface area contributed by atoms with Crippen molar-refractivity contribution >= 4 is 23.9 Å². The van der Waals surface area contributed by atoms with Gasteiger partial charge >= 0.3 is 6.09 Å². The van der Waals surface area contributed by atoms with Gasteiger partial charge in [0.15, 0.2) is 12.1 Å². The van der Waals surface area contributed by atoms with E-state index in [9.17, 15) is 14.4 Å². The highest BCUT2D eigenvalue weighted by Crippen LogP contribution is 2.39. The van der Waals surface area contributed by atoms with E-state index in [2.05, 4.69) is 5.48 Å². The molecule has 0 bridgehead atoms. The molecule has 9 heteroatoms. The molecule has 172 valence electrons. The standard InChI is InChI=1S/C23H28N2O7/c1-2-29-22(28)25-11-10-23(15-25)14-18(26)17-13-16(6-8-19(17)31-23)7-9-20(27)24-32-21-5-3-4-12-30-21/h6-9,13,21H,2-5,10-12,14-15H2,1H3,(H,24,27). The van der Waals surface area contributed by atoms with Gasteiger partial charge in [0.2, 0.25) is 0 Å². The molecule has 4 rings (SSSR count). The number of hydrogen-bond donors (Lipinski definition) is 1. The van der Waals surface area contributed by atoms with Gasteiger partial charge in [-0.1, -0.05) is 6.07 Å². The Bertz CT molecular complexity index is 910. The van der Waals surface area contributed by atoms with E-state index in [0.29, 0.717) is 49.6 Å². The van der Waals surface area contributed by atoms with Gasteiger partial charge in [-0.05, 0) is 43.5 Å². The van der Waals surface area contributed by atoms with Crippen LogP contribution in [0.4, 0.5) is 4.79 Å². The lowest BCUT2D eigenvalue weighted by atomic mass is 9.88. The summed E-state index contributed by atoms with van der Waals surface area (Å²) in [6.45, 7) is 3.51. The summed E-state index contributed by atoms with van der Waals surface area (Å²) >= 11 is 0. The van der Waals surface area contributed by atoms with Gasteiger partial charge in [0.05, 0.1) is 25.1 Å². The van der Waals surface area contributed by atoms with E-state index in [0.717, 1.165) is 19.3 Å². The van der Waals surface area contributed by atoms with E-state index in [1.807, 2.05) is 0 Å². The van der Waals surface area contributed by atoms with Gasteiger partial charge in [-0.15, -0.1) is 0 Å². The first kappa shape index (κ1) is 22.3. The number of nitrogens with one attached hydrogen (secondary N) is 1. The lowest BCUT2D eigenvalue weighted by Crippen LogP contribution is -2.45. The number of rotatable bonds is 5. The number of ether oxygens (including phenoxy) is 3. The van der Waals surface area contributed by atoms with Crippen LogP contribution in [0, 0.1) is 0 Å². The van der Waals surface area contributed by atoms with Crippen LogP contribution in [0.3, 0.4) is 0 Å². The summed E-state index contributed by atoms with van der Waals surface area (Å²) in [6, 6.07) is 5.21. The van der Waals surface area contributed by atoms with E-state index >= 15 is 0 Å². The number of hydrogen-bond acceptors (Lipinski definition) is 7. The minimum Gasteiger partial charge on any atom is -0.484 e. The molecule has 0 saturated carbocycles. The second-order valence-electron chi connectivity index (χ2n) is 8.22. The number of benzene rings is 1. The Kier molecular flexibility index (Phi) is 6.76. The van der Waals surface area contributed by atoms with Crippen molar-refractivity contribution in [1.82, 2.24) is 10.4 Å². The molecule has 2 atom stereocenters. The molecule has 2 amide bonds. The second kappa shape index (κ2) is 9.70. The van der Waals surface area contributed by atoms with Crippen LogP contribution >= 0.6 is 0 Å². The fourth-order valence-electron chi connectivity index (χ4n) is 4.19. The zero-order valence-electron chi connectivity index (χ0n) is 18.1.